The lowest BCUT2D eigenvalue weighted by Gasteiger charge is -2.16. The summed E-state index contributed by atoms with van der Waals surface area (Å²) in [6, 6.07) is 5.37. The predicted octanol–water partition coefficient (Wildman–Crippen LogP) is 4.59. The summed E-state index contributed by atoms with van der Waals surface area (Å²) in [4.78, 5) is 26.7. The number of allylic oxidation sites excluding steroid dienone is 2. The van der Waals surface area contributed by atoms with Crippen LogP contribution in [0.15, 0.2) is 47.5 Å². The molecule has 0 saturated heterocycles. The minimum absolute atomic E-state index is 0.0194. The lowest BCUT2D eigenvalue weighted by molar-refractivity contribution is -0.137. The van der Waals surface area contributed by atoms with Crippen molar-refractivity contribution >= 4 is 46.6 Å². The number of Topliss-reactive ketones (excluding diaryl/α,β-unsaturated/α-hetero) is 1. The van der Waals surface area contributed by atoms with Gasteiger partial charge in [-0.15, -0.1) is 0 Å². The molecule has 1 aromatic carbocycles. The molecule has 3 rings (SSSR count). The van der Waals surface area contributed by atoms with Crippen molar-refractivity contribution in [2.75, 3.05) is 18.4 Å². The summed E-state index contributed by atoms with van der Waals surface area (Å²) in [6.07, 6.45) is 9.23. The summed E-state index contributed by atoms with van der Waals surface area (Å²) in [5.74, 6) is -0.685. The Kier molecular flexibility index (Phi) is 15.3. The number of benzene rings is 1. The Morgan fingerprint density at radius 2 is 1.93 bits per heavy atom. The minimum Gasteiger partial charge on any atom is -0.481 e. The first-order valence-electron chi connectivity index (χ1n) is 13.7. The fourth-order valence-corrected chi connectivity index (χ4v) is 4.94. The van der Waals surface area contributed by atoms with Crippen molar-refractivity contribution in [3.05, 3.63) is 52.5 Å². The second-order valence-electron chi connectivity index (χ2n) is 10.0. The number of unbranched alkanes of at least 4 members (excludes halogenated alkanes) is 1. The van der Waals surface area contributed by atoms with Gasteiger partial charge in [-0.3, -0.25) is 14.6 Å². The standard InChI is InChI=1S/C20H32O6.C9H9Cl2N3/c1-14(21)7-6-8-15(22)11-12-17-16(18(23)13-19(17)24)9-4-2-3-5-10-20(25)26;10-6-2-1-3-7(11)8(6)14-9-12-4-5-13-9/h2,4,11-12,14-17,19,21-22,24H,3,5-10,13H2,1H3,(H,25,26);1-3H,4-5H2,(H2,12,13,14)/b4-2-,12-11+;/t14-,15+,16-,17-,19-;/m1./s1. The Bertz CT molecular complexity index is 1030. The quantitative estimate of drug-likeness (QED) is 0.143. The number of guanidine groups is 1. The summed E-state index contributed by atoms with van der Waals surface area (Å²) in [6.45, 7) is 3.34. The number of anilines is 1. The molecular weight excluding hydrogens is 557 g/mol. The second-order valence-corrected chi connectivity index (χ2v) is 10.8. The molecule has 0 radical (unpaired) electrons. The number of carboxylic acid groups (broad SMARTS) is 1. The van der Waals surface area contributed by atoms with Crippen LogP contribution >= 0.6 is 23.2 Å². The van der Waals surface area contributed by atoms with Gasteiger partial charge in [-0.05, 0) is 57.6 Å². The van der Waals surface area contributed by atoms with Crippen molar-refractivity contribution in [2.24, 2.45) is 16.8 Å². The van der Waals surface area contributed by atoms with Crippen molar-refractivity contribution in [3.63, 3.8) is 0 Å². The Balaban J connectivity index is 0.000000333. The molecule has 0 spiro atoms. The number of nitrogens with one attached hydrogen (secondary N) is 2. The van der Waals surface area contributed by atoms with Gasteiger partial charge in [0, 0.05) is 31.2 Å². The molecule has 0 bridgehead atoms. The second kappa shape index (κ2) is 18.1. The molecule has 1 aliphatic heterocycles. The molecule has 5 atom stereocenters. The van der Waals surface area contributed by atoms with E-state index in [1.165, 1.54) is 0 Å². The first-order chi connectivity index (χ1) is 19.1. The predicted molar refractivity (Wildman–Crippen MR) is 159 cm³/mol. The molecule has 1 fully saturated rings. The van der Waals surface area contributed by atoms with Crippen LogP contribution in [0.2, 0.25) is 10.0 Å². The third-order valence-electron chi connectivity index (χ3n) is 6.61. The van der Waals surface area contributed by atoms with Crippen molar-refractivity contribution in [2.45, 2.75) is 76.6 Å². The van der Waals surface area contributed by atoms with Crippen molar-refractivity contribution in [3.8, 4) is 0 Å². The highest BCUT2D eigenvalue weighted by molar-refractivity contribution is 6.39. The molecular formula is C29H41Cl2N3O6. The van der Waals surface area contributed by atoms with Gasteiger partial charge in [-0.25, -0.2) is 0 Å². The lowest BCUT2D eigenvalue weighted by Crippen LogP contribution is -2.26. The number of carbonyl (C=O) groups is 2. The highest BCUT2D eigenvalue weighted by Gasteiger charge is 2.39. The molecule has 9 nitrogen and oxygen atoms in total. The summed E-state index contributed by atoms with van der Waals surface area (Å²) >= 11 is 12.0. The smallest absolute Gasteiger partial charge is 0.303 e. The van der Waals surface area contributed by atoms with Crippen LogP contribution in [-0.4, -0.2) is 69.5 Å². The SMILES string of the molecule is C[C@@H](O)CCC[C@H](O)/C=C/[C@H]1[C@H](O)CC(=O)[C@@H]1C/C=C\CCCC(=O)O.Clc1cccc(Cl)c1NC1=NCCN1. The Hall–Kier alpha value is -2.43. The van der Waals surface area contributed by atoms with Gasteiger partial charge in [0.25, 0.3) is 0 Å². The van der Waals surface area contributed by atoms with Gasteiger partial charge in [0.1, 0.15) is 5.78 Å². The number of carbonyl (C=O) groups excluding carboxylic acids is 1. The maximum Gasteiger partial charge on any atom is 0.303 e. The first kappa shape index (κ1) is 33.8. The molecule has 0 unspecified atom stereocenters. The van der Waals surface area contributed by atoms with Gasteiger partial charge in [0.05, 0.1) is 40.6 Å². The number of aliphatic imine (C=N–C) groups is 1. The zero-order valence-corrected chi connectivity index (χ0v) is 24.3. The number of ketones is 1. The number of para-hydroxylation sites is 1. The average molecular weight is 599 g/mol. The summed E-state index contributed by atoms with van der Waals surface area (Å²) < 4.78 is 0. The van der Waals surface area contributed by atoms with Gasteiger partial charge >= 0.3 is 5.97 Å². The zero-order valence-electron chi connectivity index (χ0n) is 22.8. The number of hydrogen-bond acceptors (Lipinski definition) is 8. The summed E-state index contributed by atoms with van der Waals surface area (Å²) in [5, 5.41) is 45.2. The van der Waals surface area contributed by atoms with E-state index >= 15 is 0 Å². The third kappa shape index (κ3) is 12.4. The third-order valence-corrected chi connectivity index (χ3v) is 7.24. The van der Waals surface area contributed by atoms with Gasteiger partial charge in [0.15, 0.2) is 5.96 Å². The van der Waals surface area contributed by atoms with Crippen LogP contribution in [0.25, 0.3) is 0 Å². The van der Waals surface area contributed by atoms with Crippen LogP contribution in [0.1, 0.15) is 58.3 Å². The van der Waals surface area contributed by atoms with E-state index in [0.29, 0.717) is 54.3 Å². The Morgan fingerprint density at radius 3 is 2.55 bits per heavy atom. The normalized spacial score (nSPS) is 22.1. The van der Waals surface area contributed by atoms with E-state index in [-0.39, 0.29) is 36.6 Å². The van der Waals surface area contributed by atoms with Gasteiger partial charge in [-0.1, -0.05) is 53.6 Å². The fourth-order valence-electron chi connectivity index (χ4n) is 4.45. The van der Waals surface area contributed by atoms with E-state index in [0.717, 1.165) is 19.0 Å². The molecule has 1 saturated carbocycles. The molecule has 0 amide bonds. The number of aliphatic hydroxyl groups excluding tert-OH is 3. The first-order valence-corrected chi connectivity index (χ1v) is 14.5. The largest absolute Gasteiger partial charge is 0.481 e. The van der Waals surface area contributed by atoms with E-state index < -0.39 is 18.2 Å². The Labute approximate surface area is 246 Å². The monoisotopic (exact) mass is 597 g/mol. The number of aliphatic carboxylic acids is 1. The van der Waals surface area contributed by atoms with E-state index in [2.05, 4.69) is 15.6 Å². The highest BCUT2D eigenvalue weighted by atomic mass is 35.5. The van der Waals surface area contributed by atoms with Crippen LogP contribution in [0.4, 0.5) is 5.69 Å². The molecule has 1 aromatic rings. The summed E-state index contributed by atoms with van der Waals surface area (Å²) in [7, 11) is 0. The van der Waals surface area contributed by atoms with Gasteiger partial charge in [-0.2, -0.15) is 0 Å². The average Bonchev–Trinajstić information content (AvgIpc) is 3.49. The molecule has 6 N–H and O–H groups in total. The molecule has 1 heterocycles. The van der Waals surface area contributed by atoms with E-state index in [1.54, 1.807) is 37.3 Å². The number of halogens is 2. The van der Waals surface area contributed by atoms with E-state index in [1.807, 2.05) is 12.2 Å². The fraction of sp³-hybridized carbons (Fsp3) is 0.552. The zero-order chi connectivity index (χ0) is 29.5. The number of hydrogen-bond donors (Lipinski definition) is 6. The minimum atomic E-state index is -0.815. The number of carboxylic acids is 1. The van der Waals surface area contributed by atoms with E-state index in [4.69, 9.17) is 28.3 Å². The topological polar surface area (TPSA) is 151 Å². The molecule has 0 aromatic heterocycles. The van der Waals surface area contributed by atoms with Crippen molar-refractivity contribution in [1.29, 1.82) is 0 Å². The van der Waals surface area contributed by atoms with Gasteiger partial charge in [0.2, 0.25) is 0 Å². The maximum absolute atomic E-state index is 12.1. The van der Waals surface area contributed by atoms with Crippen molar-refractivity contribution in [1.82, 2.24) is 5.32 Å². The maximum atomic E-state index is 12.1. The van der Waals surface area contributed by atoms with Gasteiger partial charge < -0.3 is 31.1 Å². The molecule has 40 heavy (non-hydrogen) atoms. The van der Waals surface area contributed by atoms with Crippen LogP contribution in [0.5, 0.6) is 0 Å². The van der Waals surface area contributed by atoms with Crippen LogP contribution < -0.4 is 10.6 Å². The van der Waals surface area contributed by atoms with Crippen LogP contribution in [0.3, 0.4) is 0 Å². The van der Waals surface area contributed by atoms with Crippen LogP contribution in [0, 0.1) is 11.8 Å². The van der Waals surface area contributed by atoms with Crippen LogP contribution in [-0.2, 0) is 9.59 Å². The molecule has 2 aliphatic rings. The molecule has 222 valence electrons. The van der Waals surface area contributed by atoms with Crippen molar-refractivity contribution < 1.29 is 30.0 Å². The molecule has 11 heteroatoms. The number of rotatable bonds is 13. The summed E-state index contributed by atoms with van der Waals surface area (Å²) in [5.41, 5.74) is 0.698. The highest BCUT2D eigenvalue weighted by Crippen LogP contribution is 2.33. The number of aliphatic hydroxyl groups is 3. The van der Waals surface area contributed by atoms with E-state index in [9.17, 15) is 24.9 Å². The lowest BCUT2D eigenvalue weighted by atomic mass is 9.90. The molecule has 1 aliphatic carbocycles. The Morgan fingerprint density at radius 1 is 1.20 bits per heavy atom. The number of nitrogens with zero attached hydrogens (tertiary/aromatic N) is 1.